The predicted molar refractivity (Wildman–Crippen MR) is 74.3 cm³/mol. The smallest absolute Gasteiger partial charge is 0.0681 e. The monoisotopic (exact) mass is 248 g/mol. The molecule has 18 heavy (non-hydrogen) atoms. The van der Waals surface area contributed by atoms with Crippen LogP contribution in [0.4, 0.5) is 0 Å². The molecule has 0 aliphatic carbocycles. The number of nitrogens with zero attached hydrogens (tertiary/aromatic N) is 1. The van der Waals surface area contributed by atoms with Crippen molar-refractivity contribution in [1.29, 1.82) is 0 Å². The zero-order valence-corrected chi connectivity index (χ0v) is 11.2. The minimum atomic E-state index is 0.128. The van der Waals surface area contributed by atoms with Crippen LogP contribution in [0, 0.1) is 0 Å². The first-order valence-corrected chi connectivity index (χ1v) is 6.96. The van der Waals surface area contributed by atoms with Crippen molar-refractivity contribution in [2.24, 2.45) is 0 Å². The van der Waals surface area contributed by atoms with Gasteiger partial charge in [-0.3, -0.25) is 0 Å². The van der Waals surface area contributed by atoms with E-state index in [0.29, 0.717) is 6.04 Å². The highest BCUT2D eigenvalue weighted by molar-refractivity contribution is 5.21. The fraction of sp³-hybridized carbons (Fsp3) is 0.600. The highest BCUT2D eigenvalue weighted by Crippen LogP contribution is 2.11. The van der Waals surface area contributed by atoms with Gasteiger partial charge in [-0.15, -0.1) is 0 Å². The van der Waals surface area contributed by atoms with Crippen molar-refractivity contribution >= 4 is 0 Å². The zero-order valence-electron chi connectivity index (χ0n) is 11.2. The van der Waals surface area contributed by atoms with Crippen molar-refractivity contribution in [3.63, 3.8) is 0 Å². The van der Waals surface area contributed by atoms with E-state index in [9.17, 15) is 0 Å². The van der Waals surface area contributed by atoms with Gasteiger partial charge >= 0.3 is 0 Å². The van der Waals surface area contributed by atoms with Gasteiger partial charge in [0.2, 0.25) is 0 Å². The SMILES string of the molecule is CCN1CCC(NCc2ccc(CO)cc2)CC1. The standard InChI is InChI=1S/C15H24N2O/c1-2-17-9-7-15(8-10-17)16-11-13-3-5-14(12-18)6-4-13/h3-6,15-16,18H,2,7-12H2,1H3. The lowest BCUT2D eigenvalue weighted by Gasteiger charge is -2.31. The van der Waals surface area contributed by atoms with E-state index in [1.54, 1.807) is 0 Å². The molecule has 0 radical (unpaired) electrons. The van der Waals surface area contributed by atoms with E-state index < -0.39 is 0 Å². The average molecular weight is 248 g/mol. The Kier molecular flexibility index (Phi) is 5.17. The van der Waals surface area contributed by atoms with Crippen LogP contribution in [-0.2, 0) is 13.2 Å². The molecule has 2 N–H and O–H groups in total. The summed E-state index contributed by atoms with van der Waals surface area (Å²) in [5, 5.41) is 12.6. The molecule has 3 heteroatoms. The van der Waals surface area contributed by atoms with Crippen LogP contribution < -0.4 is 5.32 Å². The molecule has 1 aliphatic heterocycles. The molecule has 1 heterocycles. The van der Waals surface area contributed by atoms with Crippen LogP contribution in [-0.4, -0.2) is 35.7 Å². The first-order valence-electron chi connectivity index (χ1n) is 6.96. The van der Waals surface area contributed by atoms with E-state index in [0.717, 1.165) is 12.1 Å². The summed E-state index contributed by atoms with van der Waals surface area (Å²) in [5.74, 6) is 0. The third-order valence-corrected chi connectivity index (χ3v) is 3.84. The summed E-state index contributed by atoms with van der Waals surface area (Å²) < 4.78 is 0. The first-order chi connectivity index (χ1) is 8.81. The van der Waals surface area contributed by atoms with Crippen LogP contribution in [0.1, 0.15) is 30.9 Å². The summed E-state index contributed by atoms with van der Waals surface area (Å²) in [4.78, 5) is 2.51. The van der Waals surface area contributed by atoms with Crippen LogP contribution in [0.2, 0.25) is 0 Å². The molecule has 1 aliphatic rings. The number of piperidine rings is 1. The van der Waals surface area contributed by atoms with E-state index in [4.69, 9.17) is 5.11 Å². The van der Waals surface area contributed by atoms with E-state index in [1.807, 2.05) is 12.1 Å². The molecule has 0 bridgehead atoms. The van der Waals surface area contributed by atoms with Crippen LogP contribution in [0.25, 0.3) is 0 Å². The van der Waals surface area contributed by atoms with Gasteiger partial charge in [-0.25, -0.2) is 0 Å². The molecular formula is C15H24N2O. The number of nitrogens with one attached hydrogen (secondary N) is 1. The molecule has 0 spiro atoms. The van der Waals surface area contributed by atoms with E-state index in [2.05, 4.69) is 29.3 Å². The summed E-state index contributed by atoms with van der Waals surface area (Å²) in [6.07, 6.45) is 2.51. The van der Waals surface area contributed by atoms with E-state index in [-0.39, 0.29) is 6.61 Å². The van der Waals surface area contributed by atoms with Gasteiger partial charge in [0.25, 0.3) is 0 Å². The fourth-order valence-corrected chi connectivity index (χ4v) is 2.48. The molecule has 1 fully saturated rings. The van der Waals surface area contributed by atoms with Crippen molar-refractivity contribution in [1.82, 2.24) is 10.2 Å². The number of rotatable bonds is 5. The topological polar surface area (TPSA) is 35.5 Å². The Morgan fingerprint density at radius 2 is 1.78 bits per heavy atom. The lowest BCUT2D eigenvalue weighted by molar-refractivity contribution is 0.206. The van der Waals surface area contributed by atoms with Gasteiger partial charge in [0, 0.05) is 12.6 Å². The minimum absolute atomic E-state index is 0.128. The Hall–Kier alpha value is -0.900. The van der Waals surface area contributed by atoms with Gasteiger partial charge in [0.1, 0.15) is 0 Å². The summed E-state index contributed by atoms with van der Waals surface area (Å²) in [5.41, 5.74) is 2.28. The maximum absolute atomic E-state index is 8.99. The third-order valence-electron chi connectivity index (χ3n) is 3.84. The highest BCUT2D eigenvalue weighted by atomic mass is 16.3. The second kappa shape index (κ2) is 6.88. The fourth-order valence-electron chi connectivity index (χ4n) is 2.48. The normalized spacial score (nSPS) is 18.1. The van der Waals surface area contributed by atoms with Gasteiger partial charge < -0.3 is 15.3 Å². The Balaban J connectivity index is 1.74. The Labute approximate surface area is 110 Å². The molecule has 100 valence electrons. The second-order valence-corrected chi connectivity index (χ2v) is 5.06. The molecule has 0 aromatic heterocycles. The van der Waals surface area contributed by atoms with Crippen molar-refractivity contribution < 1.29 is 5.11 Å². The van der Waals surface area contributed by atoms with E-state index in [1.165, 1.54) is 38.0 Å². The van der Waals surface area contributed by atoms with Gasteiger partial charge in [0.05, 0.1) is 6.61 Å². The van der Waals surface area contributed by atoms with E-state index >= 15 is 0 Å². The zero-order chi connectivity index (χ0) is 12.8. The molecule has 0 atom stereocenters. The van der Waals surface area contributed by atoms with Crippen LogP contribution in [0.5, 0.6) is 0 Å². The quantitative estimate of drug-likeness (QED) is 0.833. The lowest BCUT2D eigenvalue weighted by Crippen LogP contribution is -2.42. The molecule has 2 rings (SSSR count). The Morgan fingerprint density at radius 3 is 2.33 bits per heavy atom. The largest absolute Gasteiger partial charge is 0.392 e. The van der Waals surface area contributed by atoms with Gasteiger partial charge in [-0.05, 0) is 43.6 Å². The number of hydrogen-bond donors (Lipinski definition) is 2. The number of hydrogen-bond acceptors (Lipinski definition) is 3. The molecule has 1 aromatic carbocycles. The van der Waals surface area contributed by atoms with Crippen molar-refractivity contribution in [2.45, 2.75) is 39.0 Å². The summed E-state index contributed by atoms with van der Waals surface area (Å²) >= 11 is 0. The number of aliphatic hydroxyl groups excluding tert-OH is 1. The van der Waals surface area contributed by atoms with Gasteiger partial charge in [-0.1, -0.05) is 31.2 Å². The molecule has 0 unspecified atom stereocenters. The second-order valence-electron chi connectivity index (χ2n) is 5.06. The first kappa shape index (κ1) is 13.5. The van der Waals surface area contributed by atoms with Crippen molar-refractivity contribution in [2.75, 3.05) is 19.6 Å². The number of likely N-dealkylation sites (tertiary alicyclic amines) is 1. The van der Waals surface area contributed by atoms with Crippen molar-refractivity contribution in [3.05, 3.63) is 35.4 Å². The molecule has 3 nitrogen and oxygen atoms in total. The van der Waals surface area contributed by atoms with Gasteiger partial charge in [-0.2, -0.15) is 0 Å². The number of benzene rings is 1. The minimum Gasteiger partial charge on any atom is -0.392 e. The molecule has 1 saturated heterocycles. The third kappa shape index (κ3) is 3.80. The Bertz CT molecular complexity index is 342. The van der Waals surface area contributed by atoms with Crippen molar-refractivity contribution in [3.8, 4) is 0 Å². The highest BCUT2D eigenvalue weighted by Gasteiger charge is 2.16. The van der Waals surface area contributed by atoms with Crippen LogP contribution in [0.15, 0.2) is 24.3 Å². The average Bonchev–Trinajstić information content (AvgIpc) is 2.46. The maximum atomic E-state index is 8.99. The van der Waals surface area contributed by atoms with Crippen LogP contribution in [0.3, 0.4) is 0 Å². The molecule has 1 aromatic rings. The van der Waals surface area contributed by atoms with Gasteiger partial charge in [0.15, 0.2) is 0 Å². The van der Waals surface area contributed by atoms with Crippen LogP contribution >= 0.6 is 0 Å². The summed E-state index contributed by atoms with van der Waals surface area (Å²) in [6, 6.07) is 8.85. The molecular weight excluding hydrogens is 224 g/mol. The molecule has 0 amide bonds. The lowest BCUT2D eigenvalue weighted by atomic mass is 10.0. The summed E-state index contributed by atoms with van der Waals surface area (Å²) in [6.45, 7) is 6.91. The Morgan fingerprint density at radius 1 is 1.17 bits per heavy atom. The molecule has 0 saturated carbocycles. The summed E-state index contributed by atoms with van der Waals surface area (Å²) in [7, 11) is 0. The maximum Gasteiger partial charge on any atom is 0.0681 e. The predicted octanol–water partition coefficient (Wildman–Crippen LogP) is 1.75. The number of aliphatic hydroxyl groups is 1.